The van der Waals surface area contributed by atoms with Gasteiger partial charge < -0.3 is 0 Å². The van der Waals surface area contributed by atoms with Crippen molar-refractivity contribution in [3.05, 3.63) is 41.7 Å². The second-order valence-corrected chi connectivity index (χ2v) is 4.36. The molecule has 16 heavy (non-hydrogen) atoms. The molecule has 0 atom stereocenters. The number of aryl methyl sites for hydroxylation is 2. The molecule has 0 unspecified atom stereocenters. The molecule has 0 bridgehead atoms. The average molecular weight is 213 g/mol. The Kier molecular flexibility index (Phi) is 3.55. The second-order valence-electron chi connectivity index (χ2n) is 4.36. The smallest absolute Gasteiger partial charge is 0.0409 e. The summed E-state index contributed by atoms with van der Waals surface area (Å²) in [7, 11) is 0. The van der Waals surface area contributed by atoms with E-state index in [1.807, 2.05) is 6.20 Å². The molecule has 0 aliphatic carbocycles. The van der Waals surface area contributed by atoms with Crippen LogP contribution < -0.4 is 0 Å². The fraction of sp³-hybridized carbons (Fsp3) is 0.400. The standard InChI is InChI=1S/C15H19N/c1-3-5-12-7-8-13-10-15(6-4-2)16-11-14(13)9-12/h7-11H,3-6H2,1-2H3. The number of aromatic nitrogens is 1. The van der Waals surface area contributed by atoms with Crippen molar-refractivity contribution in [3.8, 4) is 0 Å². The quantitative estimate of drug-likeness (QED) is 0.743. The van der Waals surface area contributed by atoms with Gasteiger partial charge in [0.15, 0.2) is 0 Å². The van der Waals surface area contributed by atoms with Gasteiger partial charge in [-0.3, -0.25) is 4.98 Å². The minimum atomic E-state index is 1.08. The lowest BCUT2D eigenvalue weighted by Gasteiger charge is -2.04. The summed E-state index contributed by atoms with van der Waals surface area (Å²) in [5.41, 5.74) is 2.62. The number of hydrogen-bond acceptors (Lipinski definition) is 1. The Morgan fingerprint density at radius 3 is 2.50 bits per heavy atom. The summed E-state index contributed by atoms with van der Waals surface area (Å²) in [4.78, 5) is 4.50. The molecule has 0 radical (unpaired) electrons. The molecule has 0 saturated heterocycles. The van der Waals surface area contributed by atoms with E-state index in [-0.39, 0.29) is 0 Å². The predicted octanol–water partition coefficient (Wildman–Crippen LogP) is 4.14. The van der Waals surface area contributed by atoms with E-state index in [1.54, 1.807) is 0 Å². The monoisotopic (exact) mass is 213 g/mol. The van der Waals surface area contributed by atoms with Gasteiger partial charge in [-0.15, -0.1) is 0 Å². The molecule has 0 spiro atoms. The van der Waals surface area contributed by atoms with E-state index in [9.17, 15) is 0 Å². The Morgan fingerprint density at radius 1 is 0.938 bits per heavy atom. The summed E-state index contributed by atoms with van der Waals surface area (Å²) in [5.74, 6) is 0. The Labute approximate surface area is 97.5 Å². The van der Waals surface area contributed by atoms with E-state index in [0.29, 0.717) is 0 Å². The van der Waals surface area contributed by atoms with Crippen LogP contribution in [0.15, 0.2) is 30.5 Å². The molecular formula is C15H19N. The van der Waals surface area contributed by atoms with Gasteiger partial charge in [0.25, 0.3) is 0 Å². The Morgan fingerprint density at radius 2 is 1.75 bits per heavy atom. The fourth-order valence-electron chi connectivity index (χ4n) is 2.07. The molecule has 0 saturated carbocycles. The van der Waals surface area contributed by atoms with Crippen molar-refractivity contribution < 1.29 is 0 Å². The minimum Gasteiger partial charge on any atom is -0.261 e. The molecule has 0 N–H and O–H groups in total. The lowest BCUT2D eigenvalue weighted by Crippen LogP contribution is -1.90. The van der Waals surface area contributed by atoms with Crippen LogP contribution in [0.25, 0.3) is 10.8 Å². The summed E-state index contributed by atoms with van der Waals surface area (Å²) < 4.78 is 0. The van der Waals surface area contributed by atoms with Crippen LogP contribution in [0, 0.1) is 0 Å². The second kappa shape index (κ2) is 5.11. The molecule has 2 aromatic rings. The first-order valence-corrected chi connectivity index (χ1v) is 6.21. The summed E-state index contributed by atoms with van der Waals surface area (Å²) in [5, 5.41) is 2.59. The van der Waals surface area contributed by atoms with Crippen molar-refractivity contribution in [2.75, 3.05) is 0 Å². The molecule has 1 heteroatoms. The molecular weight excluding hydrogens is 194 g/mol. The highest BCUT2D eigenvalue weighted by Crippen LogP contribution is 2.17. The van der Waals surface area contributed by atoms with Crippen molar-refractivity contribution >= 4 is 10.8 Å². The first kappa shape index (κ1) is 11.1. The van der Waals surface area contributed by atoms with Gasteiger partial charge in [-0.2, -0.15) is 0 Å². The normalized spacial score (nSPS) is 10.9. The highest BCUT2D eigenvalue weighted by molar-refractivity contribution is 5.82. The maximum atomic E-state index is 4.50. The average Bonchev–Trinajstić information content (AvgIpc) is 2.30. The van der Waals surface area contributed by atoms with Crippen molar-refractivity contribution in [2.24, 2.45) is 0 Å². The molecule has 0 aliphatic heterocycles. The van der Waals surface area contributed by atoms with Gasteiger partial charge in [0.2, 0.25) is 0 Å². The molecule has 1 aromatic heterocycles. The minimum absolute atomic E-state index is 1.08. The summed E-state index contributed by atoms with van der Waals surface area (Å²) >= 11 is 0. The highest BCUT2D eigenvalue weighted by atomic mass is 14.7. The van der Waals surface area contributed by atoms with Gasteiger partial charge in [-0.05, 0) is 35.9 Å². The fourth-order valence-corrected chi connectivity index (χ4v) is 2.07. The van der Waals surface area contributed by atoms with Crippen molar-refractivity contribution in [3.63, 3.8) is 0 Å². The predicted molar refractivity (Wildman–Crippen MR) is 69.7 cm³/mol. The SMILES string of the molecule is CCCc1ccc2cc(CCC)ncc2c1. The molecule has 1 nitrogen and oxygen atoms in total. The maximum Gasteiger partial charge on any atom is 0.0409 e. The van der Waals surface area contributed by atoms with Gasteiger partial charge >= 0.3 is 0 Å². The van der Waals surface area contributed by atoms with Crippen molar-refractivity contribution in [1.82, 2.24) is 4.98 Å². The lowest BCUT2D eigenvalue weighted by atomic mass is 10.0. The van der Waals surface area contributed by atoms with E-state index in [2.05, 4.69) is 43.1 Å². The molecule has 1 aromatic carbocycles. The zero-order valence-electron chi connectivity index (χ0n) is 10.2. The number of nitrogens with zero attached hydrogens (tertiary/aromatic N) is 1. The third-order valence-corrected chi connectivity index (χ3v) is 2.89. The molecule has 84 valence electrons. The third-order valence-electron chi connectivity index (χ3n) is 2.89. The van der Waals surface area contributed by atoms with Crippen molar-refractivity contribution in [1.29, 1.82) is 0 Å². The topological polar surface area (TPSA) is 12.9 Å². The molecule has 0 amide bonds. The Hall–Kier alpha value is -1.37. The van der Waals surface area contributed by atoms with E-state index in [4.69, 9.17) is 0 Å². The summed E-state index contributed by atoms with van der Waals surface area (Å²) in [6.07, 6.45) is 6.61. The molecule has 1 heterocycles. The van der Waals surface area contributed by atoms with Crippen LogP contribution in [0.5, 0.6) is 0 Å². The first-order valence-electron chi connectivity index (χ1n) is 6.21. The van der Waals surface area contributed by atoms with Gasteiger partial charge in [0.05, 0.1) is 0 Å². The summed E-state index contributed by atoms with van der Waals surface area (Å²) in [6.45, 7) is 4.41. The number of benzene rings is 1. The van der Waals surface area contributed by atoms with Crippen LogP contribution >= 0.6 is 0 Å². The number of hydrogen-bond donors (Lipinski definition) is 0. The zero-order valence-corrected chi connectivity index (χ0v) is 10.2. The molecule has 0 aliphatic rings. The van der Waals surface area contributed by atoms with E-state index in [1.165, 1.54) is 28.5 Å². The number of fused-ring (bicyclic) bond motifs is 1. The zero-order chi connectivity index (χ0) is 11.4. The van der Waals surface area contributed by atoms with E-state index >= 15 is 0 Å². The Bertz CT molecular complexity index is 429. The Balaban J connectivity index is 2.36. The molecule has 2 rings (SSSR count). The molecule has 0 fully saturated rings. The maximum absolute atomic E-state index is 4.50. The van der Waals surface area contributed by atoms with Gasteiger partial charge in [-0.1, -0.05) is 38.8 Å². The van der Waals surface area contributed by atoms with Crippen LogP contribution in [-0.4, -0.2) is 4.98 Å². The van der Waals surface area contributed by atoms with Gasteiger partial charge in [-0.25, -0.2) is 0 Å². The van der Waals surface area contributed by atoms with Crippen LogP contribution in [0.2, 0.25) is 0 Å². The van der Waals surface area contributed by atoms with Gasteiger partial charge in [0, 0.05) is 17.3 Å². The van der Waals surface area contributed by atoms with Crippen molar-refractivity contribution in [2.45, 2.75) is 39.5 Å². The van der Waals surface area contributed by atoms with Crippen LogP contribution in [0.4, 0.5) is 0 Å². The van der Waals surface area contributed by atoms with Crippen LogP contribution in [0.3, 0.4) is 0 Å². The summed E-state index contributed by atoms with van der Waals surface area (Å²) in [6, 6.07) is 8.94. The van der Waals surface area contributed by atoms with E-state index in [0.717, 1.165) is 19.3 Å². The first-order chi connectivity index (χ1) is 7.83. The number of rotatable bonds is 4. The van der Waals surface area contributed by atoms with Gasteiger partial charge in [0.1, 0.15) is 0 Å². The third kappa shape index (κ3) is 2.41. The van der Waals surface area contributed by atoms with Crippen LogP contribution in [-0.2, 0) is 12.8 Å². The largest absolute Gasteiger partial charge is 0.261 e. The van der Waals surface area contributed by atoms with E-state index < -0.39 is 0 Å². The lowest BCUT2D eigenvalue weighted by molar-refractivity contribution is 0.885. The van der Waals surface area contributed by atoms with Crippen LogP contribution in [0.1, 0.15) is 37.9 Å². The highest BCUT2D eigenvalue weighted by Gasteiger charge is 1.99. The number of pyridine rings is 1.